The Bertz CT molecular complexity index is 727. The number of likely N-dealkylation sites (N-methyl/N-ethyl adjacent to an activating group) is 1. The number of fused-ring (bicyclic) bond motifs is 1. The lowest BCUT2D eigenvalue weighted by Gasteiger charge is -2.23. The number of nitrogens with one attached hydrogen (secondary N) is 1. The largest absolute Gasteiger partial charge is 0.315 e. The maximum atomic E-state index is 12.4. The summed E-state index contributed by atoms with van der Waals surface area (Å²) in [7, 11) is -1.80. The molecule has 1 aromatic rings. The minimum Gasteiger partial charge on any atom is -0.315 e. The van der Waals surface area contributed by atoms with Crippen LogP contribution in [0.5, 0.6) is 0 Å². The number of benzene rings is 1. The normalized spacial score (nSPS) is 20.1. The Labute approximate surface area is 153 Å². The van der Waals surface area contributed by atoms with Gasteiger partial charge in [-0.2, -0.15) is 0 Å². The van der Waals surface area contributed by atoms with Gasteiger partial charge in [-0.25, -0.2) is 12.7 Å². The summed E-state index contributed by atoms with van der Waals surface area (Å²) in [6.45, 7) is 1.59. The minimum absolute atomic E-state index is 0. The van der Waals surface area contributed by atoms with Crippen LogP contribution < -0.4 is 5.32 Å². The van der Waals surface area contributed by atoms with Crippen molar-refractivity contribution in [3.63, 3.8) is 0 Å². The van der Waals surface area contributed by atoms with Gasteiger partial charge in [-0.1, -0.05) is 12.1 Å². The standard InChI is InChI=1S/C16H21N3O4S.ClH/c1-18(12-7-8-17-11-12)24(22,23)10-4-9-19-15(20)13-5-2-3-6-14(13)16(19)21;/h2-3,5-6,12,17H,4,7-11H2,1H3;1H. The van der Waals surface area contributed by atoms with Crippen molar-refractivity contribution in [2.75, 3.05) is 32.4 Å². The number of nitrogens with zero attached hydrogens (tertiary/aromatic N) is 2. The Kier molecular flexibility index (Phi) is 6.21. The fourth-order valence-electron chi connectivity index (χ4n) is 3.17. The number of carbonyl (C=O) groups excluding carboxylic acids is 2. The van der Waals surface area contributed by atoms with E-state index in [0.29, 0.717) is 17.7 Å². The molecular formula is C16H22ClN3O4S. The van der Waals surface area contributed by atoms with E-state index in [2.05, 4.69) is 5.32 Å². The van der Waals surface area contributed by atoms with Gasteiger partial charge in [0.1, 0.15) is 0 Å². The molecule has 1 aromatic carbocycles. The van der Waals surface area contributed by atoms with E-state index in [4.69, 9.17) is 0 Å². The van der Waals surface area contributed by atoms with Gasteiger partial charge in [0.05, 0.1) is 16.9 Å². The maximum absolute atomic E-state index is 12.4. The van der Waals surface area contributed by atoms with Gasteiger partial charge >= 0.3 is 0 Å². The third kappa shape index (κ3) is 3.87. The van der Waals surface area contributed by atoms with Crippen LogP contribution in [-0.2, 0) is 10.0 Å². The molecule has 138 valence electrons. The van der Waals surface area contributed by atoms with Crippen molar-refractivity contribution in [2.24, 2.45) is 0 Å². The number of imide groups is 1. The summed E-state index contributed by atoms with van der Waals surface area (Å²) in [5.74, 6) is -0.768. The molecule has 0 aromatic heterocycles. The van der Waals surface area contributed by atoms with E-state index in [1.54, 1.807) is 31.3 Å². The van der Waals surface area contributed by atoms with E-state index in [0.717, 1.165) is 17.9 Å². The molecule has 9 heteroatoms. The second-order valence-electron chi connectivity index (χ2n) is 6.14. The Morgan fingerprint density at radius 2 is 1.80 bits per heavy atom. The second kappa shape index (κ2) is 7.82. The highest BCUT2D eigenvalue weighted by Gasteiger charge is 2.35. The second-order valence-corrected chi connectivity index (χ2v) is 8.29. The smallest absolute Gasteiger partial charge is 0.261 e. The SMILES string of the molecule is CN(C1CCNC1)S(=O)(=O)CCCN1C(=O)c2ccccc2C1=O.Cl. The average Bonchev–Trinajstić information content (AvgIpc) is 3.18. The van der Waals surface area contributed by atoms with Crippen molar-refractivity contribution >= 4 is 34.2 Å². The molecule has 0 aliphatic carbocycles. The molecule has 3 rings (SSSR count). The quantitative estimate of drug-likeness (QED) is 0.727. The Morgan fingerprint density at radius 1 is 1.20 bits per heavy atom. The molecule has 1 saturated heterocycles. The van der Waals surface area contributed by atoms with Crippen molar-refractivity contribution < 1.29 is 18.0 Å². The number of amides is 2. The first-order valence-corrected chi connectivity index (χ1v) is 9.64. The summed E-state index contributed by atoms with van der Waals surface area (Å²) in [6, 6.07) is 6.64. The molecule has 0 spiro atoms. The lowest BCUT2D eigenvalue weighted by molar-refractivity contribution is 0.0654. The first-order chi connectivity index (χ1) is 11.4. The van der Waals surface area contributed by atoms with Crippen LogP contribution in [-0.4, -0.2) is 67.9 Å². The summed E-state index contributed by atoms with van der Waals surface area (Å²) in [5, 5.41) is 3.14. The van der Waals surface area contributed by atoms with E-state index in [9.17, 15) is 18.0 Å². The van der Waals surface area contributed by atoms with E-state index in [-0.39, 0.29) is 49.0 Å². The van der Waals surface area contributed by atoms with Crippen LogP contribution in [0.25, 0.3) is 0 Å². The van der Waals surface area contributed by atoms with Crippen molar-refractivity contribution in [3.8, 4) is 0 Å². The molecule has 7 nitrogen and oxygen atoms in total. The van der Waals surface area contributed by atoms with E-state index in [1.165, 1.54) is 4.31 Å². The number of sulfonamides is 1. The van der Waals surface area contributed by atoms with Crippen molar-refractivity contribution in [1.82, 2.24) is 14.5 Å². The first kappa shape index (κ1) is 19.8. The predicted molar refractivity (Wildman–Crippen MR) is 96.5 cm³/mol. The van der Waals surface area contributed by atoms with E-state index in [1.807, 2.05) is 0 Å². The lowest BCUT2D eigenvalue weighted by atomic mass is 10.1. The van der Waals surface area contributed by atoms with Crippen molar-refractivity contribution in [3.05, 3.63) is 35.4 Å². The van der Waals surface area contributed by atoms with Gasteiger partial charge in [0.2, 0.25) is 10.0 Å². The molecule has 0 radical (unpaired) electrons. The molecule has 25 heavy (non-hydrogen) atoms. The van der Waals surface area contributed by atoms with E-state index < -0.39 is 10.0 Å². The maximum Gasteiger partial charge on any atom is 0.261 e. The highest BCUT2D eigenvalue weighted by Crippen LogP contribution is 2.22. The van der Waals surface area contributed by atoms with E-state index >= 15 is 0 Å². The Balaban J connectivity index is 0.00000225. The molecule has 1 atom stereocenters. The van der Waals surface area contributed by atoms with Gasteiger partial charge in [-0.15, -0.1) is 12.4 Å². The highest BCUT2D eigenvalue weighted by atomic mass is 35.5. The number of carbonyl (C=O) groups is 2. The van der Waals surface area contributed by atoms with Crippen LogP contribution in [0.4, 0.5) is 0 Å². The number of hydrogen-bond acceptors (Lipinski definition) is 5. The number of halogens is 1. The highest BCUT2D eigenvalue weighted by molar-refractivity contribution is 7.89. The fourth-order valence-corrected chi connectivity index (χ4v) is 4.58. The van der Waals surface area contributed by atoms with Gasteiger partial charge < -0.3 is 5.32 Å². The third-order valence-corrected chi connectivity index (χ3v) is 6.63. The van der Waals surface area contributed by atoms with Gasteiger partial charge in [0.25, 0.3) is 11.8 Å². The summed E-state index contributed by atoms with van der Waals surface area (Å²) in [4.78, 5) is 25.6. The fraction of sp³-hybridized carbons (Fsp3) is 0.500. The summed E-state index contributed by atoms with van der Waals surface area (Å²) >= 11 is 0. The molecule has 0 saturated carbocycles. The predicted octanol–water partition coefficient (Wildman–Crippen LogP) is 0.718. The summed E-state index contributed by atoms with van der Waals surface area (Å²) < 4.78 is 26.2. The molecule has 2 aliphatic rings. The Hall–Kier alpha value is -1.48. The summed E-state index contributed by atoms with van der Waals surface area (Å²) in [5.41, 5.74) is 0.777. The molecule has 2 aliphatic heterocycles. The monoisotopic (exact) mass is 387 g/mol. The Morgan fingerprint density at radius 3 is 2.32 bits per heavy atom. The zero-order valence-corrected chi connectivity index (χ0v) is 15.6. The van der Waals surface area contributed by atoms with Gasteiger partial charge in [-0.3, -0.25) is 14.5 Å². The molecule has 1 N–H and O–H groups in total. The first-order valence-electron chi connectivity index (χ1n) is 8.03. The topological polar surface area (TPSA) is 86.8 Å². The third-order valence-electron chi connectivity index (χ3n) is 4.65. The molecule has 0 bridgehead atoms. The lowest BCUT2D eigenvalue weighted by Crippen LogP contribution is -2.40. The van der Waals surface area contributed by atoms with Crippen LogP contribution in [0.2, 0.25) is 0 Å². The van der Waals surface area contributed by atoms with Gasteiger partial charge in [-0.05, 0) is 31.5 Å². The molecular weight excluding hydrogens is 366 g/mol. The van der Waals surface area contributed by atoms with Crippen LogP contribution in [0.15, 0.2) is 24.3 Å². The molecule has 2 amide bonds. The number of hydrogen-bond donors (Lipinski definition) is 1. The van der Waals surface area contributed by atoms with Crippen LogP contribution >= 0.6 is 12.4 Å². The van der Waals surface area contributed by atoms with Crippen LogP contribution in [0.1, 0.15) is 33.6 Å². The summed E-state index contributed by atoms with van der Waals surface area (Å²) in [6.07, 6.45) is 1.03. The zero-order chi connectivity index (χ0) is 17.3. The molecule has 1 unspecified atom stereocenters. The zero-order valence-electron chi connectivity index (χ0n) is 14.0. The van der Waals surface area contributed by atoms with Crippen LogP contribution in [0, 0.1) is 0 Å². The minimum atomic E-state index is -3.39. The number of rotatable bonds is 6. The van der Waals surface area contributed by atoms with Crippen LogP contribution in [0.3, 0.4) is 0 Å². The van der Waals surface area contributed by atoms with Crippen molar-refractivity contribution in [2.45, 2.75) is 18.9 Å². The molecule has 2 heterocycles. The van der Waals surface area contributed by atoms with Crippen molar-refractivity contribution in [1.29, 1.82) is 0 Å². The molecule has 1 fully saturated rings. The van der Waals surface area contributed by atoms with Gasteiger partial charge in [0.15, 0.2) is 0 Å². The van der Waals surface area contributed by atoms with Gasteiger partial charge in [0, 0.05) is 26.2 Å². The average molecular weight is 388 g/mol.